The van der Waals surface area contributed by atoms with Crippen LogP contribution in [0.5, 0.6) is 0 Å². The summed E-state index contributed by atoms with van der Waals surface area (Å²) in [5.41, 5.74) is 10.0. The van der Waals surface area contributed by atoms with E-state index in [1.165, 1.54) is 0 Å². The smallest absolute Gasteiger partial charge is 0.276 e. The van der Waals surface area contributed by atoms with Crippen molar-refractivity contribution in [2.45, 2.75) is 6.54 Å². The number of carbonyl (C=O) groups excluding carboxylic acids is 1. The predicted octanol–water partition coefficient (Wildman–Crippen LogP) is 1.31. The molecule has 1 amide bonds. The van der Waals surface area contributed by atoms with Crippen LogP contribution in [0.4, 0.5) is 5.69 Å². The maximum Gasteiger partial charge on any atom is 0.276 e. The molecule has 6 nitrogen and oxygen atoms in total. The van der Waals surface area contributed by atoms with Crippen LogP contribution in [0.3, 0.4) is 0 Å². The molecule has 0 unspecified atom stereocenters. The highest BCUT2D eigenvalue weighted by Crippen LogP contribution is 2.16. The van der Waals surface area contributed by atoms with E-state index in [0.29, 0.717) is 18.7 Å². The zero-order valence-corrected chi connectivity index (χ0v) is 11.6. The van der Waals surface area contributed by atoms with Gasteiger partial charge in [0, 0.05) is 31.2 Å². The van der Waals surface area contributed by atoms with Gasteiger partial charge in [-0.3, -0.25) is 14.6 Å². The van der Waals surface area contributed by atoms with E-state index < -0.39 is 0 Å². The molecule has 0 spiro atoms. The summed E-state index contributed by atoms with van der Waals surface area (Å²) in [4.78, 5) is 21.0. The van der Waals surface area contributed by atoms with Gasteiger partial charge in [-0.15, -0.1) is 0 Å². The molecule has 0 aliphatic carbocycles. The summed E-state index contributed by atoms with van der Waals surface area (Å²) < 4.78 is 0. The first-order valence-electron chi connectivity index (χ1n) is 6.65. The Labute approximate surface area is 123 Å². The van der Waals surface area contributed by atoms with Crippen molar-refractivity contribution in [3.8, 4) is 0 Å². The number of rotatable bonds is 7. The first-order valence-corrected chi connectivity index (χ1v) is 6.65. The van der Waals surface area contributed by atoms with Gasteiger partial charge in [0.05, 0.1) is 12.2 Å². The second-order valence-electron chi connectivity index (χ2n) is 4.32. The number of amides is 1. The molecule has 1 aromatic heterocycles. The number of aromatic nitrogens is 1. The summed E-state index contributed by atoms with van der Waals surface area (Å²) in [5.74, 6) is -0.304. The Kier molecular flexibility index (Phi) is 5.69. The van der Waals surface area contributed by atoms with E-state index in [9.17, 15) is 4.79 Å². The third-order valence-corrected chi connectivity index (χ3v) is 2.79. The SMILES string of the molecule is NCCONC(=O)c1ccccc1NCc1ccncc1. The molecule has 21 heavy (non-hydrogen) atoms. The van der Waals surface area contributed by atoms with Crippen molar-refractivity contribution in [1.29, 1.82) is 0 Å². The van der Waals surface area contributed by atoms with E-state index in [-0.39, 0.29) is 12.5 Å². The van der Waals surface area contributed by atoms with Crippen LogP contribution in [-0.4, -0.2) is 24.0 Å². The average molecular weight is 286 g/mol. The van der Waals surface area contributed by atoms with Crippen molar-refractivity contribution >= 4 is 11.6 Å². The van der Waals surface area contributed by atoms with Gasteiger partial charge >= 0.3 is 0 Å². The van der Waals surface area contributed by atoms with Gasteiger partial charge in [0.15, 0.2) is 0 Å². The second kappa shape index (κ2) is 7.98. The molecule has 2 aromatic rings. The minimum absolute atomic E-state index is 0.276. The Balaban J connectivity index is 2.01. The van der Waals surface area contributed by atoms with Crippen molar-refractivity contribution in [3.63, 3.8) is 0 Å². The molecule has 0 radical (unpaired) electrons. The van der Waals surface area contributed by atoms with Crippen molar-refractivity contribution in [2.24, 2.45) is 5.73 Å². The lowest BCUT2D eigenvalue weighted by molar-refractivity contribution is 0.0344. The van der Waals surface area contributed by atoms with Gasteiger partial charge in [0.1, 0.15) is 0 Å². The number of anilines is 1. The van der Waals surface area contributed by atoms with Crippen molar-refractivity contribution in [2.75, 3.05) is 18.5 Å². The van der Waals surface area contributed by atoms with Gasteiger partial charge in [-0.25, -0.2) is 5.48 Å². The van der Waals surface area contributed by atoms with E-state index in [2.05, 4.69) is 15.8 Å². The first-order chi connectivity index (χ1) is 10.3. The third kappa shape index (κ3) is 4.55. The van der Waals surface area contributed by atoms with Crippen LogP contribution < -0.4 is 16.5 Å². The molecule has 0 aliphatic heterocycles. The van der Waals surface area contributed by atoms with E-state index in [0.717, 1.165) is 11.3 Å². The Morgan fingerprint density at radius 1 is 1.19 bits per heavy atom. The lowest BCUT2D eigenvalue weighted by Crippen LogP contribution is -2.27. The maximum absolute atomic E-state index is 12.0. The van der Waals surface area contributed by atoms with E-state index in [1.807, 2.05) is 24.3 Å². The zero-order chi connectivity index (χ0) is 14.9. The van der Waals surface area contributed by atoms with Crippen LogP contribution in [0, 0.1) is 0 Å². The number of nitrogens with zero attached hydrogens (tertiary/aromatic N) is 1. The molecular weight excluding hydrogens is 268 g/mol. The van der Waals surface area contributed by atoms with Crippen LogP contribution in [0.25, 0.3) is 0 Å². The highest BCUT2D eigenvalue weighted by molar-refractivity contribution is 5.98. The van der Waals surface area contributed by atoms with Crippen LogP contribution in [0.2, 0.25) is 0 Å². The van der Waals surface area contributed by atoms with Gasteiger partial charge in [0.25, 0.3) is 5.91 Å². The summed E-state index contributed by atoms with van der Waals surface area (Å²) >= 11 is 0. The minimum Gasteiger partial charge on any atom is -0.380 e. The number of nitrogens with one attached hydrogen (secondary N) is 2. The molecule has 0 atom stereocenters. The Morgan fingerprint density at radius 2 is 1.95 bits per heavy atom. The highest BCUT2D eigenvalue weighted by Gasteiger charge is 2.10. The molecule has 0 fully saturated rings. The molecule has 110 valence electrons. The molecule has 0 saturated carbocycles. The van der Waals surface area contributed by atoms with Crippen LogP contribution >= 0.6 is 0 Å². The van der Waals surface area contributed by atoms with Crippen molar-refractivity contribution in [3.05, 3.63) is 59.9 Å². The molecule has 1 aromatic carbocycles. The van der Waals surface area contributed by atoms with Crippen LogP contribution in [0.1, 0.15) is 15.9 Å². The van der Waals surface area contributed by atoms with Gasteiger partial charge in [-0.2, -0.15) is 0 Å². The fourth-order valence-corrected chi connectivity index (χ4v) is 1.76. The Hall–Kier alpha value is -2.44. The standard InChI is InChI=1S/C15H18N4O2/c16-7-10-21-19-15(20)13-3-1-2-4-14(13)18-11-12-5-8-17-9-6-12/h1-6,8-9,18H,7,10-11,16H2,(H,19,20). The number of benzene rings is 1. The van der Waals surface area contributed by atoms with Gasteiger partial charge in [-0.05, 0) is 29.8 Å². The summed E-state index contributed by atoms with van der Waals surface area (Å²) in [6.45, 7) is 1.23. The molecule has 6 heteroatoms. The molecule has 0 aliphatic rings. The predicted molar refractivity (Wildman–Crippen MR) is 80.5 cm³/mol. The lowest BCUT2D eigenvalue weighted by atomic mass is 10.1. The number of hydrogen-bond donors (Lipinski definition) is 3. The number of nitrogens with two attached hydrogens (primary N) is 1. The van der Waals surface area contributed by atoms with E-state index in [4.69, 9.17) is 10.6 Å². The molecule has 0 saturated heterocycles. The monoisotopic (exact) mass is 286 g/mol. The number of para-hydroxylation sites is 1. The van der Waals surface area contributed by atoms with Crippen LogP contribution in [-0.2, 0) is 11.4 Å². The summed E-state index contributed by atoms with van der Waals surface area (Å²) in [7, 11) is 0. The number of hydrogen-bond acceptors (Lipinski definition) is 5. The summed E-state index contributed by atoms with van der Waals surface area (Å²) in [5, 5.41) is 3.23. The second-order valence-corrected chi connectivity index (χ2v) is 4.32. The molecular formula is C15H18N4O2. The fourth-order valence-electron chi connectivity index (χ4n) is 1.76. The molecule has 1 heterocycles. The topological polar surface area (TPSA) is 89.3 Å². The van der Waals surface area contributed by atoms with Crippen molar-refractivity contribution < 1.29 is 9.63 Å². The minimum atomic E-state index is -0.304. The Bertz CT molecular complexity index is 575. The lowest BCUT2D eigenvalue weighted by Gasteiger charge is -2.12. The van der Waals surface area contributed by atoms with E-state index in [1.54, 1.807) is 24.5 Å². The molecule has 0 bridgehead atoms. The quantitative estimate of drug-likeness (QED) is 0.527. The van der Waals surface area contributed by atoms with Gasteiger partial charge in [-0.1, -0.05) is 12.1 Å². The average Bonchev–Trinajstić information content (AvgIpc) is 2.54. The van der Waals surface area contributed by atoms with Crippen LogP contribution in [0.15, 0.2) is 48.8 Å². The summed E-state index contributed by atoms with van der Waals surface area (Å²) in [6.07, 6.45) is 3.46. The third-order valence-electron chi connectivity index (χ3n) is 2.79. The number of pyridine rings is 1. The normalized spacial score (nSPS) is 10.1. The number of hydroxylamine groups is 1. The van der Waals surface area contributed by atoms with Gasteiger partial charge in [0.2, 0.25) is 0 Å². The first kappa shape index (κ1) is 15.0. The summed E-state index contributed by atoms with van der Waals surface area (Å²) in [6, 6.07) is 11.1. The molecule has 4 N–H and O–H groups in total. The Morgan fingerprint density at radius 3 is 2.71 bits per heavy atom. The van der Waals surface area contributed by atoms with Gasteiger partial charge < -0.3 is 11.1 Å². The van der Waals surface area contributed by atoms with Crippen molar-refractivity contribution in [1.82, 2.24) is 10.5 Å². The largest absolute Gasteiger partial charge is 0.380 e. The highest BCUT2D eigenvalue weighted by atomic mass is 16.6. The zero-order valence-electron chi connectivity index (χ0n) is 11.6. The fraction of sp³-hybridized carbons (Fsp3) is 0.200. The maximum atomic E-state index is 12.0. The number of carbonyl (C=O) groups is 1. The van der Waals surface area contributed by atoms with E-state index >= 15 is 0 Å². The molecule has 2 rings (SSSR count).